The second kappa shape index (κ2) is 4.04. The van der Waals surface area contributed by atoms with Gasteiger partial charge in [0.25, 0.3) is 5.56 Å². The van der Waals surface area contributed by atoms with Gasteiger partial charge in [-0.2, -0.15) is 5.10 Å². The molecular weight excluding hydrogens is 248 g/mol. The van der Waals surface area contributed by atoms with Crippen LogP contribution in [0.1, 0.15) is 34.9 Å². The van der Waals surface area contributed by atoms with Gasteiger partial charge in [0.15, 0.2) is 0 Å². The summed E-state index contributed by atoms with van der Waals surface area (Å²) >= 11 is 0. The topological polar surface area (TPSA) is 90.0 Å². The van der Waals surface area contributed by atoms with Crippen LogP contribution in [0.3, 0.4) is 0 Å². The van der Waals surface area contributed by atoms with Crippen molar-refractivity contribution in [1.29, 1.82) is 0 Å². The van der Waals surface area contributed by atoms with Crippen LogP contribution in [-0.4, -0.2) is 30.4 Å². The van der Waals surface area contributed by atoms with Gasteiger partial charge >= 0.3 is 5.97 Å². The predicted octanol–water partition coefficient (Wildman–Crippen LogP) is 0.771. The molecule has 1 aliphatic rings. The molecule has 0 aromatic carbocycles. The van der Waals surface area contributed by atoms with E-state index in [9.17, 15) is 9.59 Å². The van der Waals surface area contributed by atoms with E-state index in [0.29, 0.717) is 5.69 Å². The second-order valence-electron chi connectivity index (χ2n) is 4.57. The van der Waals surface area contributed by atoms with Gasteiger partial charge in [-0.25, -0.2) is 14.5 Å². The van der Waals surface area contributed by atoms with Gasteiger partial charge in [0, 0.05) is 24.6 Å². The minimum atomic E-state index is -1.07. The lowest BCUT2D eigenvalue weighted by molar-refractivity contribution is 0.0696. The monoisotopic (exact) mass is 260 g/mol. The minimum absolute atomic E-state index is 0.0722. The highest BCUT2D eigenvalue weighted by Crippen LogP contribution is 2.33. The van der Waals surface area contributed by atoms with Crippen molar-refractivity contribution in [2.75, 3.05) is 0 Å². The summed E-state index contributed by atoms with van der Waals surface area (Å²) in [6, 6.07) is 0.241. The summed E-state index contributed by atoms with van der Waals surface area (Å²) < 4.78 is 2.86. The minimum Gasteiger partial charge on any atom is -0.478 e. The van der Waals surface area contributed by atoms with Crippen LogP contribution < -0.4 is 5.56 Å². The Morgan fingerprint density at radius 3 is 2.79 bits per heavy atom. The highest BCUT2D eigenvalue weighted by molar-refractivity contribution is 5.88. The summed E-state index contributed by atoms with van der Waals surface area (Å²) in [5.41, 5.74) is 0.183. The predicted molar refractivity (Wildman–Crippen MR) is 65.6 cm³/mol. The standard InChI is InChI=1S/C12H12N4O3/c1-7-9(12(18)19)6-16(14-7)10-11(17)15(5-4-13-10)8-2-3-8/h4-6,8H,2-3H2,1H3,(H,18,19). The number of carboxylic acid groups (broad SMARTS) is 1. The van der Waals surface area contributed by atoms with Gasteiger partial charge in [0.2, 0.25) is 5.82 Å². The maximum absolute atomic E-state index is 12.2. The Morgan fingerprint density at radius 2 is 2.21 bits per heavy atom. The lowest BCUT2D eigenvalue weighted by Crippen LogP contribution is -2.24. The summed E-state index contributed by atoms with van der Waals surface area (Å²) in [4.78, 5) is 27.2. The van der Waals surface area contributed by atoms with E-state index in [1.807, 2.05) is 0 Å². The van der Waals surface area contributed by atoms with Crippen molar-refractivity contribution in [2.45, 2.75) is 25.8 Å². The molecule has 7 heteroatoms. The Balaban J connectivity index is 2.12. The van der Waals surface area contributed by atoms with Gasteiger partial charge in [-0.15, -0.1) is 0 Å². The van der Waals surface area contributed by atoms with Crippen molar-refractivity contribution in [1.82, 2.24) is 19.3 Å². The summed E-state index contributed by atoms with van der Waals surface area (Å²) in [5, 5.41) is 13.0. The normalized spacial score (nSPS) is 14.6. The molecule has 0 radical (unpaired) electrons. The van der Waals surface area contributed by atoms with Gasteiger partial charge in [0.1, 0.15) is 5.56 Å². The van der Waals surface area contributed by atoms with Crippen LogP contribution in [0.4, 0.5) is 0 Å². The van der Waals surface area contributed by atoms with Crippen molar-refractivity contribution in [3.8, 4) is 5.82 Å². The molecule has 1 saturated carbocycles. The number of aromatic carboxylic acids is 1. The first-order valence-corrected chi connectivity index (χ1v) is 5.95. The molecule has 1 N–H and O–H groups in total. The smallest absolute Gasteiger partial charge is 0.339 e. The zero-order valence-corrected chi connectivity index (χ0v) is 10.3. The first kappa shape index (κ1) is 11.6. The third kappa shape index (κ3) is 1.92. The number of hydrogen-bond donors (Lipinski definition) is 1. The number of carbonyl (C=O) groups is 1. The van der Waals surface area contributed by atoms with E-state index in [1.54, 1.807) is 17.7 Å². The lowest BCUT2D eigenvalue weighted by atomic mass is 10.3. The largest absolute Gasteiger partial charge is 0.478 e. The first-order valence-electron chi connectivity index (χ1n) is 5.95. The summed E-state index contributed by atoms with van der Waals surface area (Å²) in [7, 11) is 0. The number of rotatable bonds is 3. The zero-order valence-electron chi connectivity index (χ0n) is 10.3. The quantitative estimate of drug-likeness (QED) is 0.880. The SMILES string of the molecule is Cc1nn(-c2nccn(C3CC3)c2=O)cc1C(=O)O. The number of aromatic nitrogens is 4. The molecule has 0 aliphatic heterocycles. The molecule has 0 atom stereocenters. The van der Waals surface area contributed by atoms with E-state index in [4.69, 9.17) is 5.11 Å². The second-order valence-corrected chi connectivity index (χ2v) is 4.57. The van der Waals surface area contributed by atoms with E-state index in [1.165, 1.54) is 17.1 Å². The summed E-state index contributed by atoms with van der Waals surface area (Å²) in [6.45, 7) is 1.59. The average molecular weight is 260 g/mol. The van der Waals surface area contributed by atoms with Crippen LogP contribution >= 0.6 is 0 Å². The Morgan fingerprint density at radius 1 is 1.47 bits per heavy atom. The Bertz CT molecular complexity index is 712. The fourth-order valence-corrected chi connectivity index (χ4v) is 1.99. The molecule has 98 valence electrons. The molecule has 0 bridgehead atoms. The molecule has 0 amide bonds. The van der Waals surface area contributed by atoms with E-state index < -0.39 is 5.97 Å². The molecule has 2 aromatic rings. The molecule has 3 rings (SSSR count). The van der Waals surface area contributed by atoms with Crippen molar-refractivity contribution >= 4 is 5.97 Å². The summed E-state index contributed by atoms with van der Waals surface area (Å²) in [6.07, 6.45) is 6.48. The molecule has 1 aliphatic carbocycles. The molecule has 0 saturated heterocycles. The molecular formula is C12H12N4O3. The van der Waals surface area contributed by atoms with Crippen LogP contribution in [0.5, 0.6) is 0 Å². The Labute approximate surface area is 108 Å². The average Bonchev–Trinajstić information content (AvgIpc) is 3.12. The fraction of sp³-hybridized carbons (Fsp3) is 0.333. The Kier molecular flexibility index (Phi) is 2.48. The molecule has 0 spiro atoms. The molecule has 2 aromatic heterocycles. The maximum atomic E-state index is 12.2. The molecule has 0 unspecified atom stereocenters. The number of nitrogens with zero attached hydrogens (tertiary/aromatic N) is 4. The van der Waals surface area contributed by atoms with Crippen molar-refractivity contribution in [3.05, 3.63) is 40.2 Å². The zero-order chi connectivity index (χ0) is 13.6. The van der Waals surface area contributed by atoms with E-state index >= 15 is 0 Å². The highest BCUT2D eigenvalue weighted by atomic mass is 16.4. The first-order chi connectivity index (χ1) is 9.08. The third-order valence-electron chi connectivity index (χ3n) is 3.14. The Hall–Kier alpha value is -2.44. The van der Waals surface area contributed by atoms with Crippen molar-refractivity contribution in [2.24, 2.45) is 0 Å². The van der Waals surface area contributed by atoms with Crippen LogP contribution in [0.15, 0.2) is 23.4 Å². The van der Waals surface area contributed by atoms with Gasteiger partial charge in [-0.05, 0) is 19.8 Å². The molecule has 7 nitrogen and oxygen atoms in total. The van der Waals surface area contributed by atoms with Crippen LogP contribution in [0, 0.1) is 6.92 Å². The fourth-order valence-electron chi connectivity index (χ4n) is 1.99. The van der Waals surface area contributed by atoms with Crippen LogP contribution in [0.25, 0.3) is 5.82 Å². The maximum Gasteiger partial charge on any atom is 0.339 e. The molecule has 2 heterocycles. The van der Waals surface area contributed by atoms with Gasteiger partial charge in [-0.1, -0.05) is 0 Å². The van der Waals surface area contributed by atoms with E-state index in [-0.39, 0.29) is 23.0 Å². The van der Waals surface area contributed by atoms with E-state index in [0.717, 1.165) is 12.8 Å². The van der Waals surface area contributed by atoms with Gasteiger partial charge in [0.05, 0.1) is 5.69 Å². The molecule has 19 heavy (non-hydrogen) atoms. The van der Waals surface area contributed by atoms with Crippen LogP contribution in [0.2, 0.25) is 0 Å². The van der Waals surface area contributed by atoms with Crippen molar-refractivity contribution < 1.29 is 9.90 Å². The van der Waals surface area contributed by atoms with E-state index in [2.05, 4.69) is 10.1 Å². The summed E-state index contributed by atoms with van der Waals surface area (Å²) in [5.74, 6) is -0.938. The van der Waals surface area contributed by atoms with Crippen LogP contribution in [-0.2, 0) is 0 Å². The highest BCUT2D eigenvalue weighted by Gasteiger charge is 2.26. The molecule has 1 fully saturated rings. The third-order valence-corrected chi connectivity index (χ3v) is 3.14. The number of aryl methyl sites for hydroxylation is 1. The van der Waals surface area contributed by atoms with Gasteiger partial charge < -0.3 is 9.67 Å². The number of carboxylic acids is 1. The lowest BCUT2D eigenvalue weighted by Gasteiger charge is -2.05. The number of hydrogen-bond acceptors (Lipinski definition) is 4. The van der Waals surface area contributed by atoms with Gasteiger partial charge in [-0.3, -0.25) is 4.79 Å². The van der Waals surface area contributed by atoms with Crippen molar-refractivity contribution in [3.63, 3.8) is 0 Å².